The lowest BCUT2D eigenvalue weighted by Gasteiger charge is -2.09. The molecule has 0 saturated heterocycles. The summed E-state index contributed by atoms with van der Waals surface area (Å²) in [6.45, 7) is 2.34. The van der Waals surface area contributed by atoms with Crippen molar-refractivity contribution in [3.8, 4) is 5.75 Å². The number of aryl methyl sites for hydroxylation is 1. The molecule has 2 rings (SSSR count). The molecule has 0 saturated carbocycles. The highest BCUT2D eigenvalue weighted by molar-refractivity contribution is 5.89. The van der Waals surface area contributed by atoms with Crippen molar-refractivity contribution in [2.45, 2.75) is 13.5 Å². The van der Waals surface area contributed by atoms with Gasteiger partial charge in [-0.3, -0.25) is 0 Å². The van der Waals surface area contributed by atoms with Gasteiger partial charge in [0.25, 0.3) is 0 Å². The minimum atomic E-state index is -0.936. The molecule has 1 N–H and O–H groups in total. The molecule has 20 heavy (non-hydrogen) atoms. The monoisotopic (exact) mass is 272 g/mol. The van der Waals surface area contributed by atoms with Crippen LogP contribution < -0.4 is 4.74 Å². The summed E-state index contributed by atoms with van der Waals surface area (Å²) in [5.41, 5.74) is 2.02. The van der Waals surface area contributed by atoms with E-state index in [0.717, 1.165) is 5.56 Å². The highest BCUT2D eigenvalue weighted by atomic mass is 16.7. The minimum Gasteiger partial charge on any atom is -0.478 e. The van der Waals surface area contributed by atoms with Crippen LogP contribution >= 0.6 is 0 Å². The lowest BCUT2D eigenvalue weighted by Crippen LogP contribution is -2.04. The van der Waals surface area contributed by atoms with Gasteiger partial charge in [-0.05, 0) is 36.2 Å². The first-order valence-corrected chi connectivity index (χ1v) is 6.25. The van der Waals surface area contributed by atoms with E-state index in [4.69, 9.17) is 14.6 Å². The molecule has 0 atom stereocenters. The summed E-state index contributed by atoms with van der Waals surface area (Å²) in [7, 11) is 0. The van der Waals surface area contributed by atoms with Gasteiger partial charge >= 0.3 is 5.97 Å². The Morgan fingerprint density at radius 2 is 1.90 bits per heavy atom. The molecule has 4 heteroatoms. The second kappa shape index (κ2) is 6.73. The van der Waals surface area contributed by atoms with Crippen LogP contribution in [0.1, 0.15) is 21.5 Å². The molecular weight excluding hydrogens is 256 g/mol. The Morgan fingerprint density at radius 3 is 2.55 bits per heavy atom. The summed E-state index contributed by atoms with van der Waals surface area (Å²) in [4.78, 5) is 10.9. The SMILES string of the molecule is Cc1cc(OCOCc2ccccc2)ccc1C(=O)O. The number of rotatable bonds is 6. The molecule has 0 heterocycles. The molecule has 0 aliphatic heterocycles. The topological polar surface area (TPSA) is 55.8 Å². The molecule has 0 fully saturated rings. The maximum absolute atomic E-state index is 10.9. The molecule has 0 aromatic heterocycles. The lowest BCUT2D eigenvalue weighted by atomic mass is 10.1. The third kappa shape index (κ3) is 3.83. The zero-order chi connectivity index (χ0) is 14.4. The van der Waals surface area contributed by atoms with Crippen LogP contribution in [0.15, 0.2) is 48.5 Å². The number of carboxylic acids is 1. The molecule has 0 aliphatic carbocycles. The van der Waals surface area contributed by atoms with E-state index in [1.165, 1.54) is 6.07 Å². The van der Waals surface area contributed by atoms with Gasteiger partial charge in [-0.1, -0.05) is 30.3 Å². The maximum atomic E-state index is 10.9. The number of aromatic carboxylic acids is 1. The summed E-state index contributed by atoms with van der Waals surface area (Å²) in [6.07, 6.45) is 0. The quantitative estimate of drug-likeness (QED) is 0.648. The van der Waals surface area contributed by atoms with Crippen LogP contribution in [0.3, 0.4) is 0 Å². The molecule has 4 nitrogen and oxygen atoms in total. The summed E-state index contributed by atoms with van der Waals surface area (Å²) >= 11 is 0. The first kappa shape index (κ1) is 14.1. The summed E-state index contributed by atoms with van der Waals surface area (Å²) in [5, 5.41) is 8.93. The van der Waals surface area contributed by atoms with E-state index in [1.54, 1.807) is 19.1 Å². The third-order valence-electron chi connectivity index (χ3n) is 2.85. The van der Waals surface area contributed by atoms with Gasteiger partial charge in [0.15, 0.2) is 6.79 Å². The Morgan fingerprint density at radius 1 is 1.15 bits per heavy atom. The van der Waals surface area contributed by atoms with Crippen LogP contribution in [0.5, 0.6) is 5.75 Å². The fraction of sp³-hybridized carbons (Fsp3) is 0.188. The molecule has 0 aliphatic rings. The zero-order valence-electron chi connectivity index (χ0n) is 11.2. The molecule has 104 valence electrons. The number of carbonyl (C=O) groups is 1. The Hall–Kier alpha value is -2.33. The van der Waals surface area contributed by atoms with Crippen molar-refractivity contribution < 1.29 is 19.4 Å². The summed E-state index contributed by atoms with van der Waals surface area (Å²) < 4.78 is 10.8. The Labute approximate surface area is 117 Å². The van der Waals surface area contributed by atoms with E-state index in [9.17, 15) is 4.79 Å². The zero-order valence-corrected chi connectivity index (χ0v) is 11.2. The van der Waals surface area contributed by atoms with Crippen molar-refractivity contribution in [1.29, 1.82) is 0 Å². The summed E-state index contributed by atoms with van der Waals surface area (Å²) in [6, 6.07) is 14.7. The highest BCUT2D eigenvalue weighted by Crippen LogP contribution is 2.17. The van der Waals surface area contributed by atoms with Gasteiger partial charge < -0.3 is 14.6 Å². The van der Waals surface area contributed by atoms with E-state index in [1.807, 2.05) is 30.3 Å². The first-order chi connectivity index (χ1) is 9.66. The van der Waals surface area contributed by atoms with E-state index in [2.05, 4.69) is 0 Å². The van der Waals surface area contributed by atoms with E-state index < -0.39 is 5.97 Å². The van der Waals surface area contributed by atoms with E-state index >= 15 is 0 Å². The predicted molar refractivity (Wildman–Crippen MR) is 74.9 cm³/mol. The van der Waals surface area contributed by atoms with Gasteiger partial charge in [0, 0.05) is 0 Å². The van der Waals surface area contributed by atoms with Crippen LogP contribution in [0, 0.1) is 6.92 Å². The molecule has 2 aromatic rings. The number of carboxylic acid groups (broad SMARTS) is 1. The van der Waals surface area contributed by atoms with Crippen molar-refractivity contribution >= 4 is 5.97 Å². The van der Waals surface area contributed by atoms with Gasteiger partial charge in [-0.15, -0.1) is 0 Å². The fourth-order valence-corrected chi connectivity index (χ4v) is 1.81. The number of hydrogen-bond donors (Lipinski definition) is 1. The average molecular weight is 272 g/mol. The molecule has 0 amide bonds. The number of ether oxygens (including phenoxy) is 2. The standard InChI is InChI=1S/C16H16O4/c1-12-9-14(7-8-15(12)16(17)18)20-11-19-10-13-5-3-2-4-6-13/h2-9H,10-11H2,1H3,(H,17,18). The van der Waals surface area contributed by atoms with Gasteiger partial charge in [-0.2, -0.15) is 0 Å². The molecule has 0 spiro atoms. The van der Waals surface area contributed by atoms with Crippen LogP contribution in [0.4, 0.5) is 0 Å². The van der Waals surface area contributed by atoms with E-state index in [-0.39, 0.29) is 12.4 Å². The van der Waals surface area contributed by atoms with Crippen molar-refractivity contribution in [2.75, 3.05) is 6.79 Å². The largest absolute Gasteiger partial charge is 0.478 e. The lowest BCUT2D eigenvalue weighted by molar-refractivity contribution is 0.00502. The summed E-state index contributed by atoms with van der Waals surface area (Å²) in [5.74, 6) is -0.338. The van der Waals surface area contributed by atoms with Gasteiger partial charge in [0.05, 0.1) is 12.2 Å². The number of benzene rings is 2. The Bertz CT molecular complexity index is 578. The van der Waals surface area contributed by atoms with Crippen LogP contribution in [0.25, 0.3) is 0 Å². The van der Waals surface area contributed by atoms with Crippen molar-refractivity contribution in [1.82, 2.24) is 0 Å². The fourth-order valence-electron chi connectivity index (χ4n) is 1.81. The predicted octanol–water partition coefficient (Wildman–Crippen LogP) is 3.25. The first-order valence-electron chi connectivity index (χ1n) is 6.25. The molecule has 0 unspecified atom stereocenters. The molecule has 0 bridgehead atoms. The van der Waals surface area contributed by atoms with Crippen LogP contribution in [-0.4, -0.2) is 17.9 Å². The molecular formula is C16H16O4. The van der Waals surface area contributed by atoms with Crippen molar-refractivity contribution in [2.24, 2.45) is 0 Å². The van der Waals surface area contributed by atoms with Crippen LogP contribution in [-0.2, 0) is 11.3 Å². The molecule has 0 radical (unpaired) electrons. The smallest absolute Gasteiger partial charge is 0.335 e. The number of hydrogen-bond acceptors (Lipinski definition) is 3. The average Bonchev–Trinajstić information content (AvgIpc) is 2.44. The van der Waals surface area contributed by atoms with Gasteiger partial charge in [0.2, 0.25) is 0 Å². The van der Waals surface area contributed by atoms with Gasteiger partial charge in [0.1, 0.15) is 5.75 Å². The van der Waals surface area contributed by atoms with Crippen LogP contribution in [0.2, 0.25) is 0 Å². The minimum absolute atomic E-state index is 0.126. The maximum Gasteiger partial charge on any atom is 0.335 e. The van der Waals surface area contributed by atoms with Crippen molar-refractivity contribution in [3.63, 3.8) is 0 Å². The second-order valence-corrected chi connectivity index (χ2v) is 4.38. The highest BCUT2D eigenvalue weighted by Gasteiger charge is 2.07. The molecule has 2 aromatic carbocycles. The Kier molecular flexibility index (Phi) is 4.74. The Balaban J connectivity index is 1.83. The normalized spacial score (nSPS) is 10.2. The van der Waals surface area contributed by atoms with Crippen molar-refractivity contribution in [3.05, 3.63) is 65.2 Å². The van der Waals surface area contributed by atoms with Gasteiger partial charge in [-0.25, -0.2) is 4.79 Å². The second-order valence-electron chi connectivity index (χ2n) is 4.38. The third-order valence-corrected chi connectivity index (χ3v) is 2.85. The van der Waals surface area contributed by atoms with E-state index in [0.29, 0.717) is 17.9 Å².